The molecule has 0 aromatic heterocycles. The molecular weight excluding hydrogens is 332 g/mol. The fourth-order valence-electron chi connectivity index (χ4n) is 3.81. The molecule has 0 amide bonds. The third kappa shape index (κ3) is 4.43. The number of ketones is 2. The number of carbonyl (C=O) groups is 2. The molecule has 25 heavy (non-hydrogen) atoms. The summed E-state index contributed by atoms with van der Waals surface area (Å²) in [5, 5.41) is -0.457. The molecule has 0 N–H and O–H groups in total. The maximum absolute atomic E-state index is 11.9. The Bertz CT molecular complexity index is 548. The normalized spacial score (nSPS) is 20.1. The van der Waals surface area contributed by atoms with Crippen LogP contribution in [0, 0.1) is 0 Å². The van der Waals surface area contributed by atoms with Crippen LogP contribution in [0.25, 0.3) is 0 Å². The molecule has 0 fully saturated rings. The van der Waals surface area contributed by atoms with Gasteiger partial charge in [0, 0.05) is 47.9 Å². The standard InChI is InChI=1S/C20H32O4Si/c1-19(2,3)25(20(4,5)6,23-17-11-7-9-15(21)13-17)24-18-12-8-10-16(22)14-18/h13-14H,7-12H2,1-6H3. The molecule has 0 aliphatic heterocycles. The van der Waals surface area contributed by atoms with Crippen molar-refractivity contribution in [2.75, 3.05) is 0 Å². The minimum absolute atomic E-state index is 0.124. The van der Waals surface area contributed by atoms with E-state index >= 15 is 0 Å². The Hall–Kier alpha value is -1.36. The first-order chi connectivity index (χ1) is 11.4. The van der Waals surface area contributed by atoms with Crippen LogP contribution in [0.15, 0.2) is 23.7 Å². The van der Waals surface area contributed by atoms with Crippen LogP contribution in [0.2, 0.25) is 10.1 Å². The summed E-state index contributed by atoms with van der Waals surface area (Å²) in [6.07, 6.45) is 7.66. The summed E-state index contributed by atoms with van der Waals surface area (Å²) < 4.78 is 13.2. The average molecular weight is 365 g/mol. The second kappa shape index (κ2) is 7.10. The van der Waals surface area contributed by atoms with Crippen molar-refractivity contribution in [2.45, 2.75) is 90.1 Å². The molecule has 0 atom stereocenters. The van der Waals surface area contributed by atoms with Crippen molar-refractivity contribution in [1.29, 1.82) is 0 Å². The second-order valence-corrected chi connectivity index (χ2v) is 13.8. The molecule has 2 aliphatic carbocycles. The molecule has 0 unspecified atom stereocenters. The third-order valence-electron chi connectivity index (χ3n) is 4.86. The number of rotatable bonds is 4. The van der Waals surface area contributed by atoms with Gasteiger partial charge in [-0.3, -0.25) is 9.59 Å². The predicted octanol–water partition coefficient (Wildman–Crippen LogP) is 5.34. The first-order valence-electron chi connectivity index (χ1n) is 9.29. The lowest BCUT2D eigenvalue weighted by atomic mass is 10.1. The summed E-state index contributed by atoms with van der Waals surface area (Å²) >= 11 is 0. The summed E-state index contributed by atoms with van der Waals surface area (Å²) in [6, 6.07) is 0. The lowest BCUT2D eigenvalue weighted by Gasteiger charge is -2.49. The zero-order chi connectivity index (χ0) is 18.9. The molecule has 0 radical (unpaired) electrons. The summed E-state index contributed by atoms with van der Waals surface area (Å²) in [5.41, 5.74) is 0. The minimum atomic E-state index is -2.87. The number of hydrogen-bond acceptors (Lipinski definition) is 4. The molecule has 2 rings (SSSR count). The van der Waals surface area contributed by atoms with Crippen LogP contribution in [0.3, 0.4) is 0 Å². The van der Waals surface area contributed by atoms with Gasteiger partial charge >= 0.3 is 8.56 Å². The van der Waals surface area contributed by atoms with E-state index in [2.05, 4.69) is 41.5 Å². The van der Waals surface area contributed by atoms with Crippen molar-refractivity contribution in [3.63, 3.8) is 0 Å². The van der Waals surface area contributed by atoms with Crippen LogP contribution in [0.4, 0.5) is 0 Å². The van der Waals surface area contributed by atoms with Crippen LogP contribution >= 0.6 is 0 Å². The number of allylic oxidation sites excluding steroid dienone is 4. The van der Waals surface area contributed by atoms with Crippen molar-refractivity contribution in [3.05, 3.63) is 23.7 Å². The van der Waals surface area contributed by atoms with Crippen LogP contribution in [-0.4, -0.2) is 20.1 Å². The summed E-state index contributed by atoms with van der Waals surface area (Å²) in [5.74, 6) is 1.74. The Morgan fingerprint density at radius 1 is 0.720 bits per heavy atom. The highest BCUT2D eigenvalue weighted by Crippen LogP contribution is 2.54. The molecule has 0 saturated carbocycles. The Kier molecular flexibility index (Phi) is 5.67. The van der Waals surface area contributed by atoms with Crippen LogP contribution in [0.1, 0.15) is 80.1 Å². The van der Waals surface area contributed by atoms with Gasteiger partial charge in [-0.05, 0) is 12.8 Å². The zero-order valence-corrected chi connectivity index (χ0v) is 17.5. The van der Waals surface area contributed by atoms with Gasteiger partial charge in [-0.25, -0.2) is 0 Å². The van der Waals surface area contributed by atoms with E-state index < -0.39 is 8.56 Å². The lowest BCUT2D eigenvalue weighted by Crippen LogP contribution is -2.57. The van der Waals surface area contributed by atoms with Crippen molar-refractivity contribution in [1.82, 2.24) is 0 Å². The van der Waals surface area contributed by atoms with Crippen molar-refractivity contribution < 1.29 is 18.4 Å². The monoisotopic (exact) mass is 364 g/mol. The van der Waals surface area contributed by atoms with Crippen LogP contribution in [-0.2, 0) is 18.4 Å². The Balaban J connectivity index is 2.45. The molecule has 0 bridgehead atoms. The fraction of sp³-hybridized carbons (Fsp3) is 0.700. The van der Waals surface area contributed by atoms with Gasteiger partial charge in [-0.15, -0.1) is 0 Å². The smallest absolute Gasteiger partial charge is 0.471 e. The second-order valence-electron chi connectivity index (χ2n) is 9.18. The van der Waals surface area contributed by atoms with E-state index in [1.165, 1.54) is 0 Å². The summed E-state index contributed by atoms with van der Waals surface area (Å²) in [6.45, 7) is 12.8. The van der Waals surface area contributed by atoms with Crippen LogP contribution < -0.4 is 0 Å². The molecule has 0 saturated heterocycles. The highest BCUT2D eigenvalue weighted by molar-refractivity contribution is 6.74. The maximum Gasteiger partial charge on any atom is 0.471 e. The van der Waals surface area contributed by atoms with Crippen molar-refractivity contribution in [3.8, 4) is 0 Å². The quantitative estimate of drug-likeness (QED) is 0.632. The molecular formula is C20H32O4Si. The van der Waals surface area contributed by atoms with E-state index in [0.29, 0.717) is 12.8 Å². The van der Waals surface area contributed by atoms with Gasteiger partial charge in [0.05, 0.1) is 11.5 Å². The van der Waals surface area contributed by atoms with Gasteiger partial charge < -0.3 is 8.85 Å². The topological polar surface area (TPSA) is 52.6 Å². The van der Waals surface area contributed by atoms with E-state index in [1.807, 2.05) is 0 Å². The van der Waals surface area contributed by atoms with E-state index in [4.69, 9.17) is 8.85 Å². The van der Waals surface area contributed by atoms with Gasteiger partial charge in [-0.2, -0.15) is 0 Å². The summed E-state index contributed by atoms with van der Waals surface area (Å²) in [7, 11) is -2.87. The molecule has 140 valence electrons. The molecule has 4 nitrogen and oxygen atoms in total. The molecule has 0 spiro atoms. The Labute approximate surface area is 152 Å². The summed E-state index contributed by atoms with van der Waals surface area (Å²) in [4.78, 5) is 23.7. The van der Waals surface area contributed by atoms with Gasteiger partial charge in [0.15, 0.2) is 11.6 Å². The first kappa shape index (κ1) is 20.0. The lowest BCUT2D eigenvalue weighted by molar-refractivity contribution is -0.116. The van der Waals surface area contributed by atoms with Gasteiger partial charge in [0.1, 0.15) is 0 Å². The Morgan fingerprint density at radius 2 is 1.08 bits per heavy atom. The predicted molar refractivity (Wildman–Crippen MR) is 101 cm³/mol. The third-order valence-corrected chi connectivity index (χ3v) is 9.91. The van der Waals surface area contributed by atoms with Crippen molar-refractivity contribution in [2.24, 2.45) is 0 Å². The van der Waals surface area contributed by atoms with E-state index in [0.717, 1.165) is 37.2 Å². The van der Waals surface area contributed by atoms with E-state index in [9.17, 15) is 9.59 Å². The van der Waals surface area contributed by atoms with E-state index in [-0.39, 0.29) is 21.6 Å². The molecule has 0 aromatic carbocycles. The fourth-order valence-corrected chi connectivity index (χ4v) is 8.39. The minimum Gasteiger partial charge on any atom is -0.515 e. The zero-order valence-electron chi connectivity index (χ0n) is 16.5. The molecule has 5 heteroatoms. The SMILES string of the molecule is CC(C)(C)[Si](OC1=CC(=O)CCC1)(OC1=CC(=O)CCC1)C(C)(C)C. The van der Waals surface area contributed by atoms with Gasteiger partial charge in [0.2, 0.25) is 0 Å². The molecule has 0 heterocycles. The van der Waals surface area contributed by atoms with Crippen LogP contribution in [0.5, 0.6) is 0 Å². The van der Waals surface area contributed by atoms with Gasteiger partial charge in [0.25, 0.3) is 0 Å². The maximum atomic E-state index is 11.9. The van der Waals surface area contributed by atoms with Gasteiger partial charge in [-0.1, -0.05) is 41.5 Å². The average Bonchev–Trinajstić information content (AvgIpc) is 2.44. The first-order valence-corrected chi connectivity index (χ1v) is 11.1. The largest absolute Gasteiger partial charge is 0.515 e. The molecule has 2 aliphatic rings. The number of hydrogen-bond donors (Lipinski definition) is 0. The highest BCUT2D eigenvalue weighted by atomic mass is 28.4. The van der Waals surface area contributed by atoms with E-state index in [1.54, 1.807) is 12.2 Å². The van der Waals surface area contributed by atoms with Crippen molar-refractivity contribution >= 4 is 20.1 Å². The highest BCUT2D eigenvalue weighted by Gasteiger charge is 2.62. The number of carbonyl (C=O) groups excluding carboxylic acids is 2. The Morgan fingerprint density at radius 3 is 1.36 bits per heavy atom. The molecule has 0 aromatic rings.